The second kappa shape index (κ2) is 7.37. The van der Waals surface area contributed by atoms with Gasteiger partial charge in [0.15, 0.2) is 11.3 Å². The molecule has 0 bridgehead atoms. The lowest BCUT2D eigenvalue weighted by molar-refractivity contribution is 1.08. The quantitative estimate of drug-likeness (QED) is 0.374. The number of hydrogen-bond donors (Lipinski definition) is 0. The molecule has 0 saturated heterocycles. The van der Waals surface area contributed by atoms with Crippen LogP contribution in [0.1, 0.15) is 0 Å². The molecule has 0 aliphatic rings. The van der Waals surface area contributed by atoms with E-state index in [0.29, 0.717) is 21.3 Å². The molecule has 10 heteroatoms. The first-order valence-electron chi connectivity index (χ1n) is 9.55. The van der Waals surface area contributed by atoms with E-state index in [0.717, 1.165) is 33.5 Å². The van der Waals surface area contributed by atoms with Gasteiger partial charge in [0.2, 0.25) is 0 Å². The highest BCUT2D eigenvalue weighted by molar-refractivity contribution is 6.33. The van der Waals surface area contributed by atoms with Gasteiger partial charge in [-0.2, -0.15) is 0 Å². The molecule has 4 aromatic heterocycles. The third-order valence-corrected chi connectivity index (χ3v) is 5.81. The molecule has 2 aromatic carbocycles. The fourth-order valence-corrected chi connectivity index (χ4v) is 4.21. The highest BCUT2D eigenvalue weighted by atomic mass is 35.5. The number of benzene rings is 2. The summed E-state index contributed by atoms with van der Waals surface area (Å²) in [7, 11) is 0. The minimum absolute atomic E-state index is 0.573. The van der Waals surface area contributed by atoms with E-state index in [2.05, 4.69) is 29.9 Å². The summed E-state index contributed by atoms with van der Waals surface area (Å²) >= 11 is 13.3. The van der Waals surface area contributed by atoms with Gasteiger partial charge in [0.25, 0.3) is 0 Å². The van der Waals surface area contributed by atoms with Crippen molar-refractivity contribution >= 4 is 45.5 Å². The third kappa shape index (κ3) is 3.00. The fraction of sp³-hybridized carbons (Fsp3) is 0. The van der Waals surface area contributed by atoms with Crippen LogP contribution in [0.15, 0.2) is 74.1 Å². The van der Waals surface area contributed by atoms with Crippen molar-refractivity contribution in [3.05, 3.63) is 84.1 Å². The summed E-state index contributed by atoms with van der Waals surface area (Å²) in [6.45, 7) is 0. The lowest BCUT2D eigenvalue weighted by atomic mass is 10.0. The number of fused-ring (bicyclic) bond motifs is 2. The van der Waals surface area contributed by atoms with Gasteiger partial charge >= 0.3 is 0 Å². The van der Waals surface area contributed by atoms with E-state index in [9.17, 15) is 0 Å². The molecule has 32 heavy (non-hydrogen) atoms. The van der Waals surface area contributed by atoms with Crippen LogP contribution in [-0.4, -0.2) is 39.0 Å². The molecular weight excluding hydrogens is 447 g/mol. The number of nitrogens with zero attached hydrogens (tertiary/aromatic N) is 8. The van der Waals surface area contributed by atoms with Gasteiger partial charge in [0.05, 0.1) is 33.8 Å². The minimum Gasteiger partial charge on any atom is -0.294 e. The average Bonchev–Trinajstić information content (AvgIpc) is 3.44. The Kier molecular flexibility index (Phi) is 4.34. The predicted octanol–water partition coefficient (Wildman–Crippen LogP) is 4.92. The van der Waals surface area contributed by atoms with E-state index < -0.39 is 0 Å². The van der Waals surface area contributed by atoms with Crippen LogP contribution < -0.4 is 0 Å². The van der Waals surface area contributed by atoms with E-state index in [1.807, 2.05) is 45.5 Å². The number of imidazole rings is 2. The Labute approximate surface area is 191 Å². The Morgan fingerprint density at radius 3 is 1.50 bits per heavy atom. The summed E-state index contributed by atoms with van der Waals surface area (Å²) in [5.74, 6) is 0. The van der Waals surface area contributed by atoms with E-state index in [1.165, 1.54) is 12.7 Å². The van der Waals surface area contributed by atoms with Crippen LogP contribution >= 0.6 is 23.2 Å². The van der Waals surface area contributed by atoms with Gasteiger partial charge in [0.1, 0.15) is 36.3 Å². The van der Waals surface area contributed by atoms with Crippen molar-refractivity contribution < 1.29 is 0 Å². The highest BCUT2D eigenvalue weighted by Gasteiger charge is 2.13. The predicted molar refractivity (Wildman–Crippen MR) is 122 cm³/mol. The van der Waals surface area contributed by atoms with Crippen LogP contribution in [0.4, 0.5) is 0 Å². The Balaban J connectivity index is 1.39. The molecule has 0 atom stereocenters. The van der Waals surface area contributed by atoms with Crippen molar-refractivity contribution in [2.45, 2.75) is 0 Å². The molecule has 4 heterocycles. The van der Waals surface area contributed by atoms with Crippen LogP contribution in [-0.2, 0) is 0 Å². The molecule has 0 saturated carbocycles. The number of rotatable bonds is 3. The molecule has 0 N–H and O–H groups in total. The summed E-state index contributed by atoms with van der Waals surface area (Å²) in [6, 6.07) is 11.7. The smallest absolute Gasteiger partial charge is 0.181 e. The molecule has 0 amide bonds. The fourth-order valence-electron chi connectivity index (χ4n) is 3.67. The standard InChI is InChI=1S/C22H12Cl2N8/c23-15-5-13(1-3-17(15)31-11-29-21-19(31)7-25-9-27-21)14-2-4-18(16(24)6-14)32-12-30-22-20(32)8-26-10-28-22/h1-12H. The van der Waals surface area contributed by atoms with Crippen molar-refractivity contribution in [2.75, 3.05) is 0 Å². The van der Waals surface area contributed by atoms with Crippen molar-refractivity contribution in [1.29, 1.82) is 0 Å². The number of halogens is 2. The maximum Gasteiger partial charge on any atom is 0.181 e. The van der Waals surface area contributed by atoms with Crippen LogP contribution in [0.3, 0.4) is 0 Å². The van der Waals surface area contributed by atoms with E-state index >= 15 is 0 Å². The second-order valence-electron chi connectivity index (χ2n) is 7.02. The van der Waals surface area contributed by atoms with Crippen molar-refractivity contribution in [3.8, 4) is 22.5 Å². The molecule has 154 valence electrons. The molecule has 6 aromatic rings. The number of hydrogen-bond acceptors (Lipinski definition) is 6. The van der Waals surface area contributed by atoms with Gasteiger partial charge in [-0.3, -0.25) is 9.13 Å². The molecule has 0 unspecified atom stereocenters. The summed E-state index contributed by atoms with van der Waals surface area (Å²) in [5.41, 5.74) is 6.25. The zero-order chi connectivity index (χ0) is 21.7. The molecule has 0 fully saturated rings. The first-order valence-corrected chi connectivity index (χ1v) is 10.3. The first-order chi connectivity index (χ1) is 15.7. The van der Waals surface area contributed by atoms with Gasteiger partial charge in [-0.25, -0.2) is 29.9 Å². The van der Waals surface area contributed by atoms with E-state index in [4.69, 9.17) is 23.2 Å². The van der Waals surface area contributed by atoms with Gasteiger partial charge in [0, 0.05) is 0 Å². The molecule has 0 aliphatic heterocycles. The molecule has 6 rings (SSSR count). The Morgan fingerprint density at radius 2 is 1.06 bits per heavy atom. The first kappa shape index (κ1) is 18.9. The van der Waals surface area contributed by atoms with Gasteiger partial charge < -0.3 is 0 Å². The molecule has 8 nitrogen and oxygen atoms in total. The maximum atomic E-state index is 6.64. The second-order valence-corrected chi connectivity index (χ2v) is 7.84. The summed E-state index contributed by atoms with van der Waals surface area (Å²) in [4.78, 5) is 25.1. The minimum atomic E-state index is 0.573. The molecule has 0 radical (unpaired) electrons. The number of aromatic nitrogens is 8. The SMILES string of the molecule is Clc1cc(-c2ccc(-n3cnc4ncncc43)c(Cl)c2)ccc1-n1cnc2ncncc21. The molecular formula is C22H12Cl2N8. The third-order valence-electron chi connectivity index (χ3n) is 5.20. The van der Waals surface area contributed by atoms with Crippen LogP contribution in [0, 0.1) is 0 Å². The summed E-state index contributed by atoms with van der Waals surface area (Å²) in [5, 5.41) is 1.15. The summed E-state index contributed by atoms with van der Waals surface area (Å²) < 4.78 is 3.73. The lowest BCUT2D eigenvalue weighted by Crippen LogP contribution is -1.96. The van der Waals surface area contributed by atoms with E-state index in [-0.39, 0.29) is 0 Å². The monoisotopic (exact) mass is 458 g/mol. The largest absolute Gasteiger partial charge is 0.294 e. The summed E-state index contributed by atoms with van der Waals surface area (Å²) in [6.07, 6.45) is 9.73. The Hall–Kier alpha value is -3.88. The Bertz CT molecular complexity index is 1500. The van der Waals surface area contributed by atoms with Crippen LogP contribution in [0.2, 0.25) is 10.0 Å². The van der Waals surface area contributed by atoms with Gasteiger partial charge in [-0.05, 0) is 35.4 Å². The lowest BCUT2D eigenvalue weighted by Gasteiger charge is -2.11. The topological polar surface area (TPSA) is 87.2 Å². The van der Waals surface area contributed by atoms with Crippen molar-refractivity contribution in [3.63, 3.8) is 0 Å². The molecule has 0 spiro atoms. The zero-order valence-electron chi connectivity index (χ0n) is 16.3. The van der Waals surface area contributed by atoms with Crippen molar-refractivity contribution in [2.24, 2.45) is 0 Å². The zero-order valence-corrected chi connectivity index (χ0v) is 17.8. The maximum absolute atomic E-state index is 6.64. The van der Waals surface area contributed by atoms with Gasteiger partial charge in [-0.15, -0.1) is 0 Å². The van der Waals surface area contributed by atoms with Crippen LogP contribution in [0.5, 0.6) is 0 Å². The Morgan fingerprint density at radius 1 is 0.594 bits per heavy atom. The average molecular weight is 459 g/mol. The molecule has 0 aliphatic carbocycles. The highest BCUT2D eigenvalue weighted by Crippen LogP contribution is 2.33. The van der Waals surface area contributed by atoms with E-state index in [1.54, 1.807) is 25.0 Å². The normalized spacial score (nSPS) is 11.4. The van der Waals surface area contributed by atoms with Crippen LogP contribution in [0.25, 0.3) is 44.8 Å². The van der Waals surface area contributed by atoms with Gasteiger partial charge in [-0.1, -0.05) is 35.3 Å². The van der Waals surface area contributed by atoms with Crippen molar-refractivity contribution in [1.82, 2.24) is 39.0 Å².